The molecule has 110 valence electrons. The highest BCUT2D eigenvalue weighted by Gasteiger charge is 2.46. The van der Waals surface area contributed by atoms with Gasteiger partial charge in [0, 0.05) is 45.3 Å². The van der Waals surface area contributed by atoms with Crippen LogP contribution in [-0.2, 0) is 0 Å². The van der Waals surface area contributed by atoms with Crippen molar-refractivity contribution >= 4 is 6.03 Å². The van der Waals surface area contributed by atoms with E-state index in [1.165, 1.54) is 0 Å². The number of likely N-dealkylation sites (N-methyl/N-ethyl adjacent to an activating group) is 1. The topological polar surface area (TPSA) is 30.0 Å². The molecule has 0 aliphatic carbocycles. The van der Waals surface area contributed by atoms with Crippen LogP contribution in [0.4, 0.5) is 4.79 Å². The Labute approximate surface area is 117 Å². The monoisotopic (exact) mass is 268 g/mol. The highest BCUT2D eigenvalue weighted by molar-refractivity contribution is 5.73. The van der Waals surface area contributed by atoms with Crippen LogP contribution < -0.4 is 0 Å². The van der Waals surface area contributed by atoms with Gasteiger partial charge >= 0.3 is 6.03 Å². The molecule has 2 aliphatic rings. The van der Waals surface area contributed by atoms with Gasteiger partial charge < -0.3 is 9.80 Å². The summed E-state index contributed by atoms with van der Waals surface area (Å²) in [7, 11) is 5.86. The van der Waals surface area contributed by atoms with Gasteiger partial charge in [0.05, 0.1) is 6.67 Å². The number of rotatable bonds is 1. The smallest absolute Gasteiger partial charge is 0.319 e. The Morgan fingerprint density at radius 2 is 1.79 bits per heavy atom. The largest absolute Gasteiger partial charge is 0.331 e. The maximum absolute atomic E-state index is 12.0. The summed E-state index contributed by atoms with van der Waals surface area (Å²) < 4.78 is 0. The zero-order valence-corrected chi connectivity index (χ0v) is 13.0. The first-order chi connectivity index (χ1) is 8.85. The summed E-state index contributed by atoms with van der Waals surface area (Å²) in [5.41, 5.74) is 0.284. The standard InChI is InChI=1S/C14H28N4O/c1-12(2)18-11-16(5)10-14(18)6-8-17(9-7-14)13(19)15(3)4/h12H,6-11H2,1-5H3. The molecule has 0 aromatic carbocycles. The van der Waals surface area contributed by atoms with Gasteiger partial charge in [-0.25, -0.2) is 4.79 Å². The molecule has 0 N–H and O–H groups in total. The molecule has 0 aromatic rings. The predicted octanol–water partition coefficient (Wildman–Crippen LogP) is 1.12. The first kappa shape index (κ1) is 14.6. The van der Waals surface area contributed by atoms with E-state index in [-0.39, 0.29) is 11.6 Å². The molecule has 5 heteroatoms. The van der Waals surface area contributed by atoms with Crippen LogP contribution in [0.15, 0.2) is 0 Å². The number of likely N-dealkylation sites (tertiary alicyclic amines) is 1. The molecule has 1 spiro atoms. The van der Waals surface area contributed by atoms with Gasteiger partial charge in [0.15, 0.2) is 0 Å². The van der Waals surface area contributed by atoms with Gasteiger partial charge in [-0.05, 0) is 33.7 Å². The van der Waals surface area contributed by atoms with E-state index in [1.807, 2.05) is 19.0 Å². The zero-order chi connectivity index (χ0) is 14.2. The lowest BCUT2D eigenvalue weighted by Crippen LogP contribution is -2.57. The van der Waals surface area contributed by atoms with Crippen molar-refractivity contribution in [2.24, 2.45) is 0 Å². The molecule has 0 atom stereocenters. The van der Waals surface area contributed by atoms with Crippen molar-refractivity contribution in [2.45, 2.75) is 38.3 Å². The maximum atomic E-state index is 12.0. The molecule has 0 bridgehead atoms. The molecule has 0 aromatic heterocycles. The Morgan fingerprint density at radius 3 is 2.26 bits per heavy atom. The van der Waals surface area contributed by atoms with Crippen molar-refractivity contribution in [2.75, 3.05) is 47.4 Å². The highest BCUT2D eigenvalue weighted by Crippen LogP contribution is 2.35. The normalized spacial score (nSPS) is 24.4. The van der Waals surface area contributed by atoms with Crippen molar-refractivity contribution in [3.8, 4) is 0 Å². The predicted molar refractivity (Wildman–Crippen MR) is 77.1 cm³/mol. The Kier molecular flexibility index (Phi) is 4.06. The fourth-order valence-electron chi connectivity index (χ4n) is 3.61. The lowest BCUT2D eigenvalue weighted by molar-refractivity contribution is 0.0463. The van der Waals surface area contributed by atoms with Crippen molar-refractivity contribution in [1.82, 2.24) is 19.6 Å². The molecule has 5 nitrogen and oxygen atoms in total. The lowest BCUT2D eigenvalue weighted by atomic mass is 9.86. The number of hydrogen-bond donors (Lipinski definition) is 0. The molecule has 2 fully saturated rings. The van der Waals surface area contributed by atoms with E-state index in [4.69, 9.17) is 0 Å². The van der Waals surface area contributed by atoms with Crippen LogP contribution in [0.1, 0.15) is 26.7 Å². The molecule has 2 amide bonds. The van der Waals surface area contributed by atoms with Crippen molar-refractivity contribution in [3.63, 3.8) is 0 Å². The summed E-state index contributed by atoms with van der Waals surface area (Å²) in [6.45, 7) is 8.51. The second-order valence-electron chi connectivity index (χ2n) is 6.61. The first-order valence-corrected chi connectivity index (χ1v) is 7.27. The van der Waals surface area contributed by atoms with E-state index in [1.54, 1.807) is 4.90 Å². The Balaban J connectivity index is 2.03. The van der Waals surface area contributed by atoms with E-state index in [0.29, 0.717) is 6.04 Å². The van der Waals surface area contributed by atoms with E-state index in [9.17, 15) is 4.79 Å². The number of piperidine rings is 1. The van der Waals surface area contributed by atoms with Crippen LogP contribution in [-0.4, -0.2) is 84.7 Å². The van der Waals surface area contributed by atoms with E-state index < -0.39 is 0 Å². The third-order valence-corrected chi connectivity index (χ3v) is 4.54. The molecular weight excluding hydrogens is 240 g/mol. The van der Waals surface area contributed by atoms with Gasteiger partial charge in [0.25, 0.3) is 0 Å². The quantitative estimate of drug-likeness (QED) is 0.714. The molecule has 0 radical (unpaired) electrons. The van der Waals surface area contributed by atoms with Crippen LogP contribution in [0, 0.1) is 0 Å². The van der Waals surface area contributed by atoms with Crippen molar-refractivity contribution in [1.29, 1.82) is 0 Å². The summed E-state index contributed by atoms with van der Waals surface area (Å²) in [6, 6.07) is 0.721. The fourth-order valence-corrected chi connectivity index (χ4v) is 3.61. The van der Waals surface area contributed by atoms with Crippen molar-refractivity contribution < 1.29 is 4.79 Å². The van der Waals surface area contributed by atoms with Crippen LogP contribution in [0.3, 0.4) is 0 Å². The van der Waals surface area contributed by atoms with E-state index in [0.717, 1.165) is 39.1 Å². The van der Waals surface area contributed by atoms with Gasteiger partial charge in [0.2, 0.25) is 0 Å². The van der Waals surface area contributed by atoms with Crippen LogP contribution in [0.2, 0.25) is 0 Å². The number of carbonyl (C=O) groups is 1. The van der Waals surface area contributed by atoms with Gasteiger partial charge in [-0.2, -0.15) is 0 Å². The SMILES string of the molecule is CC(C)N1CN(C)CC12CCN(C(=O)N(C)C)CC2. The number of hydrogen-bond acceptors (Lipinski definition) is 3. The Morgan fingerprint density at radius 1 is 1.21 bits per heavy atom. The zero-order valence-electron chi connectivity index (χ0n) is 13.0. The van der Waals surface area contributed by atoms with Gasteiger partial charge in [-0.3, -0.25) is 9.80 Å². The molecule has 2 rings (SSSR count). The van der Waals surface area contributed by atoms with Gasteiger partial charge in [0.1, 0.15) is 0 Å². The minimum Gasteiger partial charge on any atom is -0.331 e. The van der Waals surface area contributed by atoms with Gasteiger partial charge in [-0.15, -0.1) is 0 Å². The average Bonchev–Trinajstić information content (AvgIpc) is 2.66. The molecule has 2 heterocycles. The van der Waals surface area contributed by atoms with Gasteiger partial charge in [-0.1, -0.05) is 0 Å². The summed E-state index contributed by atoms with van der Waals surface area (Å²) in [4.78, 5) is 20.7. The number of nitrogens with zero attached hydrogens (tertiary/aromatic N) is 4. The third kappa shape index (κ3) is 2.72. The average molecular weight is 268 g/mol. The molecular formula is C14H28N4O. The first-order valence-electron chi connectivity index (χ1n) is 7.27. The molecule has 19 heavy (non-hydrogen) atoms. The molecule has 0 saturated carbocycles. The maximum Gasteiger partial charge on any atom is 0.319 e. The number of amides is 2. The molecule has 0 unspecified atom stereocenters. The number of urea groups is 1. The Hall–Kier alpha value is -0.810. The third-order valence-electron chi connectivity index (χ3n) is 4.54. The molecule has 2 aliphatic heterocycles. The minimum atomic E-state index is 0.150. The fraction of sp³-hybridized carbons (Fsp3) is 0.929. The highest BCUT2D eigenvalue weighted by atomic mass is 16.2. The van der Waals surface area contributed by atoms with E-state index >= 15 is 0 Å². The van der Waals surface area contributed by atoms with Crippen LogP contribution in [0.25, 0.3) is 0 Å². The summed E-state index contributed by atoms with van der Waals surface area (Å²) >= 11 is 0. The van der Waals surface area contributed by atoms with Crippen LogP contribution in [0.5, 0.6) is 0 Å². The lowest BCUT2D eigenvalue weighted by Gasteiger charge is -2.46. The van der Waals surface area contributed by atoms with E-state index in [2.05, 4.69) is 30.7 Å². The Bertz CT molecular complexity index is 334. The number of carbonyl (C=O) groups excluding carboxylic acids is 1. The summed E-state index contributed by atoms with van der Waals surface area (Å²) in [5, 5.41) is 0. The summed E-state index contributed by atoms with van der Waals surface area (Å²) in [6.07, 6.45) is 2.18. The van der Waals surface area contributed by atoms with Crippen LogP contribution >= 0.6 is 0 Å². The summed E-state index contributed by atoms with van der Waals surface area (Å²) in [5.74, 6) is 0. The minimum absolute atomic E-state index is 0.150. The second kappa shape index (κ2) is 5.29. The second-order valence-corrected chi connectivity index (χ2v) is 6.61. The molecule has 2 saturated heterocycles. The van der Waals surface area contributed by atoms with Crippen molar-refractivity contribution in [3.05, 3.63) is 0 Å².